The standard InChI is InChI=1S/C18H20ClNO2/c1-13-7-8-15(11-14(13)2)18(21)20(3)9-10-22-17-6-4-5-16(19)12-17/h4-8,11-12H,9-10H2,1-3H3. The van der Waals surface area contributed by atoms with Crippen molar-refractivity contribution in [2.45, 2.75) is 13.8 Å². The number of rotatable bonds is 5. The molecule has 2 aromatic rings. The average molecular weight is 318 g/mol. The maximum Gasteiger partial charge on any atom is 0.253 e. The fourth-order valence-electron chi connectivity index (χ4n) is 2.05. The average Bonchev–Trinajstić information content (AvgIpc) is 2.49. The molecule has 0 spiro atoms. The summed E-state index contributed by atoms with van der Waals surface area (Å²) in [6, 6.07) is 13.0. The minimum absolute atomic E-state index is 0.00204. The van der Waals surface area contributed by atoms with Crippen LogP contribution in [0.5, 0.6) is 5.75 Å². The monoisotopic (exact) mass is 317 g/mol. The van der Waals surface area contributed by atoms with E-state index in [1.54, 1.807) is 24.1 Å². The first-order valence-electron chi connectivity index (χ1n) is 7.18. The summed E-state index contributed by atoms with van der Waals surface area (Å²) in [6.45, 7) is 4.98. The Morgan fingerprint density at radius 2 is 1.91 bits per heavy atom. The van der Waals surface area contributed by atoms with Gasteiger partial charge < -0.3 is 9.64 Å². The lowest BCUT2D eigenvalue weighted by Crippen LogP contribution is -2.30. The molecule has 0 aliphatic rings. The van der Waals surface area contributed by atoms with Crippen molar-refractivity contribution in [2.24, 2.45) is 0 Å². The lowest BCUT2D eigenvalue weighted by molar-refractivity contribution is 0.0773. The number of halogens is 1. The molecule has 2 rings (SSSR count). The van der Waals surface area contributed by atoms with Gasteiger partial charge in [-0.25, -0.2) is 0 Å². The third-order valence-electron chi connectivity index (χ3n) is 3.59. The molecule has 116 valence electrons. The van der Waals surface area contributed by atoms with E-state index in [0.29, 0.717) is 29.5 Å². The smallest absolute Gasteiger partial charge is 0.253 e. The van der Waals surface area contributed by atoms with Gasteiger partial charge in [0.15, 0.2) is 0 Å². The van der Waals surface area contributed by atoms with Crippen LogP contribution in [0.3, 0.4) is 0 Å². The van der Waals surface area contributed by atoms with E-state index >= 15 is 0 Å². The fraction of sp³-hybridized carbons (Fsp3) is 0.278. The SMILES string of the molecule is Cc1ccc(C(=O)N(C)CCOc2cccc(Cl)c2)cc1C. The minimum Gasteiger partial charge on any atom is -0.492 e. The summed E-state index contributed by atoms with van der Waals surface area (Å²) < 4.78 is 5.61. The van der Waals surface area contributed by atoms with Crippen LogP contribution in [0.1, 0.15) is 21.5 Å². The predicted molar refractivity (Wildman–Crippen MR) is 89.8 cm³/mol. The number of amides is 1. The Kier molecular flexibility index (Phi) is 5.45. The highest BCUT2D eigenvalue weighted by Crippen LogP contribution is 2.17. The first-order chi connectivity index (χ1) is 10.5. The van der Waals surface area contributed by atoms with E-state index in [-0.39, 0.29) is 5.91 Å². The molecule has 0 aliphatic carbocycles. The van der Waals surface area contributed by atoms with Gasteiger partial charge in [0.1, 0.15) is 12.4 Å². The third-order valence-corrected chi connectivity index (χ3v) is 3.83. The zero-order valence-electron chi connectivity index (χ0n) is 13.1. The van der Waals surface area contributed by atoms with Crippen molar-refractivity contribution in [1.29, 1.82) is 0 Å². The van der Waals surface area contributed by atoms with Crippen molar-refractivity contribution in [3.63, 3.8) is 0 Å². The Morgan fingerprint density at radius 3 is 2.59 bits per heavy atom. The largest absolute Gasteiger partial charge is 0.492 e. The topological polar surface area (TPSA) is 29.5 Å². The molecule has 0 aliphatic heterocycles. The quantitative estimate of drug-likeness (QED) is 0.830. The van der Waals surface area contributed by atoms with Crippen LogP contribution in [0.25, 0.3) is 0 Å². The van der Waals surface area contributed by atoms with Gasteiger partial charge in [0.2, 0.25) is 0 Å². The number of hydrogen-bond donors (Lipinski definition) is 0. The molecular formula is C18H20ClNO2. The maximum atomic E-state index is 12.4. The molecular weight excluding hydrogens is 298 g/mol. The summed E-state index contributed by atoms with van der Waals surface area (Å²) >= 11 is 5.90. The number of benzene rings is 2. The molecule has 4 heteroatoms. The highest BCUT2D eigenvalue weighted by Gasteiger charge is 2.12. The van der Waals surface area contributed by atoms with Crippen molar-refractivity contribution in [3.8, 4) is 5.75 Å². The first-order valence-corrected chi connectivity index (χ1v) is 7.56. The van der Waals surface area contributed by atoms with Gasteiger partial charge in [0, 0.05) is 17.6 Å². The Hall–Kier alpha value is -2.00. The van der Waals surface area contributed by atoms with E-state index < -0.39 is 0 Å². The summed E-state index contributed by atoms with van der Waals surface area (Å²) in [4.78, 5) is 14.0. The second kappa shape index (κ2) is 7.32. The molecule has 3 nitrogen and oxygen atoms in total. The molecule has 0 bridgehead atoms. The van der Waals surface area contributed by atoms with Crippen LogP contribution in [0.15, 0.2) is 42.5 Å². The molecule has 0 saturated carbocycles. The Morgan fingerprint density at radius 1 is 1.14 bits per heavy atom. The van der Waals surface area contributed by atoms with Crippen molar-refractivity contribution in [2.75, 3.05) is 20.2 Å². The number of likely N-dealkylation sites (N-methyl/N-ethyl adjacent to an activating group) is 1. The molecule has 0 fully saturated rings. The number of carbonyl (C=O) groups excluding carboxylic acids is 1. The zero-order valence-corrected chi connectivity index (χ0v) is 13.9. The maximum absolute atomic E-state index is 12.4. The predicted octanol–water partition coefficient (Wildman–Crippen LogP) is 4.11. The summed E-state index contributed by atoms with van der Waals surface area (Å²) in [5.74, 6) is 0.706. The molecule has 0 aromatic heterocycles. The second-order valence-corrected chi connectivity index (χ2v) is 5.77. The molecule has 2 aromatic carbocycles. The van der Waals surface area contributed by atoms with Crippen LogP contribution in [-0.4, -0.2) is 31.0 Å². The summed E-state index contributed by atoms with van der Waals surface area (Å²) in [5.41, 5.74) is 3.01. The molecule has 0 N–H and O–H groups in total. The lowest BCUT2D eigenvalue weighted by atomic mass is 10.1. The molecule has 0 heterocycles. The van der Waals surface area contributed by atoms with E-state index in [0.717, 1.165) is 5.56 Å². The van der Waals surface area contributed by atoms with Gasteiger partial charge in [-0.05, 0) is 55.3 Å². The van der Waals surface area contributed by atoms with Gasteiger partial charge in [-0.15, -0.1) is 0 Å². The van der Waals surface area contributed by atoms with Crippen LogP contribution in [0.4, 0.5) is 0 Å². The molecule has 0 saturated heterocycles. The number of carbonyl (C=O) groups is 1. The van der Waals surface area contributed by atoms with Crippen molar-refractivity contribution in [3.05, 3.63) is 64.2 Å². The highest BCUT2D eigenvalue weighted by atomic mass is 35.5. The molecule has 0 unspecified atom stereocenters. The van der Waals surface area contributed by atoms with Gasteiger partial charge in [0.25, 0.3) is 5.91 Å². The van der Waals surface area contributed by atoms with Crippen LogP contribution in [0.2, 0.25) is 5.02 Å². The third kappa shape index (κ3) is 4.25. The van der Waals surface area contributed by atoms with Gasteiger partial charge in [-0.3, -0.25) is 4.79 Å². The molecule has 0 radical (unpaired) electrons. The van der Waals surface area contributed by atoms with E-state index in [1.807, 2.05) is 44.2 Å². The fourth-order valence-corrected chi connectivity index (χ4v) is 2.23. The lowest BCUT2D eigenvalue weighted by Gasteiger charge is -2.18. The minimum atomic E-state index is -0.00204. The van der Waals surface area contributed by atoms with Crippen LogP contribution in [0, 0.1) is 13.8 Å². The van der Waals surface area contributed by atoms with Gasteiger partial charge in [-0.1, -0.05) is 23.7 Å². The van der Waals surface area contributed by atoms with Crippen LogP contribution >= 0.6 is 11.6 Å². The molecule has 1 amide bonds. The zero-order chi connectivity index (χ0) is 16.1. The highest BCUT2D eigenvalue weighted by molar-refractivity contribution is 6.30. The van der Waals surface area contributed by atoms with E-state index in [4.69, 9.17) is 16.3 Å². The Labute approximate surface area is 136 Å². The molecule has 0 atom stereocenters. The van der Waals surface area contributed by atoms with Crippen LogP contribution in [-0.2, 0) is 0 Å². The first kappa shape index (κ1) is 16.4. The van der Waals surface area contributed by atoms with E-state index in [2.05, 4.69) is 0 Å². The normalized spacial score (nSPS) is 10.4. The Bertz CT molecular complexity index is 670. The van der Waals surface area contributed by atoms with Gasteiger partial charge in [0.05, 0.1) is 6.54 Å². The number of aryl methyl sites for hydroxylation is 2. The van der Waals surface area contributed by atoms with Crippen molar-refractivity contribution in [1.82, 2.24) is 4.90 Å². The Balaban J connectivity index is 1.90. The summed E-state index contributed by atoms with van der Waals surface area (Å²) in [6.07, 6.45) is 0. The van der Waals surface area contributed by atoms with Crippen molar-refractivity contribution >= 4 is 17.5 Å². The number of nitrogens with zero attached hydrogens (tertiary/aromatic N) is 1. The van der Waals surface area contributed by atoms with Gasteiger partial charge >= 0.3 is 0 Å². The second-order valence-electron chi connectivity index (χ2n) is 5.33. The summed E-state index contributed by atoms with van der Waals surface area (Å²) in [5, 5.41) is 0.636. The molecule has 22 heavy (non-hydrogen) atoms. The number of hydrogen-bond acceptors (Lipinski definition) is 2. The van der Waals surface area contributed by atoms with E-state index in [9.17, 15) is 4.79 Å². The van der Waals surface area contributed by atoms with Crippen molar-refractivity contribution < 1.29 is 9.53 Å². The number of ether oxygens (including phenoxy) is 1. The van der Waals surface area contributed by atoms with E-state index in [1.165, 1.54) is 5.56 Å². The van der Waals surface area contributed by atoms with Crippen LogP contribution < -0.4 is 4.74 Å². The van der Waals surface area contributed by atoms with Gasteiger partial charge in [-0.2, -0.15) is 0 Å². The summed E-state index contributed by atoms with van der Waals surface area (Å²) in [7, 11) is 1.78.